The van der Waals surface area contributed by atoms with E-state index in [1.165, 1.54) is 60.4 Å². The Hall–Kier alpha value is -2.57. The predicted molar refractivity (Wildman–Crippen MR) is 128 cm³/mol. The first kappa shape index (κ1) is 20.1. The summed E-state index contributed by atoms with van der Waals surface area (Å²) in [5.74, 6) is 1.19. The Balaban J connectivity index is 1.14. The van der Waals surface area contributed by atoms with Crippen molar-refractivity contribution in [2.45, 2.75) is 44.7 Å². The van der Waals surface area contributed by atoms with E-state index in [9.17, 15) is 0 Å². The predicted octanol–water partition coefficient (Wildman–Crippen LogP) is 3.30. The zero-order valence-electron chi connectivity index (χ0n) is 18.8. The molecule has 0 spiro atoms. The zero-order valence-corrected chi connectivity index (χ0v) is 18.8. The van der Waals surface area contributed by atoms with Crippen LogP contribution in [0.25, 0.3) is 10.9 Å². The van der Waals surface area contributed by atoms with Crippen LogP contribution in [0, 0.1) is 0 Å². The van der Waals surface area contributed by atoms with Gasteiger partial charge in [-0.05, 0) is 37.0 Å². The van der Waals surface area contributed by atoms with Crippen LogP contribution < -0.4 is 4.90 Å². The van der Waals surface area contributed by atoms with Gasteiger partial charge >= 0.3 is 0 Å². The highest BCUT2D eigenvalue weighted by atomic mass is 15.3. The van der Waals surface area contributed by atoms with Gasteiger partial charge in [-0.3, -0.25) is 14.8 Å². The van der Waals surface area contributed by atoms with Crippen molar-refractivity contribution < 1.29 is 0 Å². The van der Waals surface area contributed by atoms with Gasteiger partial charge in [-0.1, -0.05) is 24.6 Å². The molecule has 4 heterocycles. The summed E-state index contributed by atoms with van der Waals surface area (Å²) in [6.07, 6.45) is 10.0. The molecule has 2 aliphatic heterocycles. The Kier molecular flexibility index (Phi) is 5.49. The maximum atomic E-state index is 4.77. The van der Waals surface area contributed by atoms with E-state index < -0.39 is 0 Å². The van der Waals surface area contributed by atoms with E-state index in [4.69, 9.17) is 9.97 Å². The van der Waals surface area contributed by atoms with Gasteiger partial charge in [0.15, 0.2) is 0 Å². The molecule has 0 bridgehead atoms. The average molecular weight is 429 g/mol. The largest absolute Gasteiger partial charge is 0.354 e. The van der Waals surface area contributed by atoms with E-state index in [1.54, 1.807) is 6.33 Å². The molecule has 0 unspecified atom stereocenters. The molecule has 6 heteroatoms. The third-order valence-electron chi connectivity index (χ3n) is 7.61. The van der Waals surface area contributed by atoms with Crippen LogP contribution in [-0.4, -0.2) is 70.1 Å². The highest BCUT2D eigenvalue weighted by Crippen LogP contribution is 2.29. The van der Waals surface area contributed by atoms with Gasteiger partial charge in [0, 0.05) is 75.4 Å². The molecule has 1 saturated carbocycles. The Labute approximate surface area is 190 Å². The van der Waals surface area contributed by atoms with Crippen molar-refractivity contribution in [3.8, 4) is 0 Å². The van der Waals surface area contributed by atoms with E-state index in [1.807, 2.05) is 12.3 Å². The van der Waals surface area contributed by atoms with E-state index >= 15 is 0 Å². The summed E-state index contributed by atoms with van der Waals surface area (Å²) >= 11 is 0. The normalized spacial score (nSPS) is 20.7. The first-order valence-electron chi connectivity index (χ1n) is 12.2. The Morgan fingerprint density at radius 3 is 2.56 bits per heavy atom. The minimum absolute atomic E-state index is 0.845. The van der Waals surface area contributed by atoms with Crippen molar-refractivity contribution in [3.05, 3.63) is 59.7 Å². The molecular formula is C26H32N6. The van der Waals surface area contributed by atoms with E-state index in [-0.39, 0.29) is 0 Å². The van der Waals surface area contributed by atoms with Crippen LogP contribution in [0.5, 0.6) is 0 Å². The first-order chi connectivity index (χ1) is 15.8. The number of nitrogens with zero attached hydrogens (tertiary/aromatic N) is 6. The van der Waals surface area contributed by atoms with Gasteiger partial charge in [-0.2, -0.15) is 0 Å². The summed E-state index contributed by atoms with van der Waals surface area (Å²) < 4.78 is 0. The number of para-hydroxylation sites is 1. The molecule has 0 amide bonds. The Morgan fingerprint density at radius 2 is 1.72 bits per heavy atom. The smallest absolute Gasteiger partial charge is 0.135 e. The summed E-state index contributed by atoms with van der Waals surface area (Å²) in [7, 11) is 0. The number of rotatable bonds is 4. The minimum Gasteiger partial charge on any atom is -0.354 e. The molecule has 1 aliphatic carbocycles. The maximum absolute atomic E-state index is 4.77. The summed E-state index contributed by atoms with van der Waals surface area (Å²) in [5.41, 5.74) is 4.98. The van der Waals surface area contributed by atoms with Crippen LogP contribution in [-0.2, 0) is 19.4 Å². The quantitative estimate of drug-likeness (QED) is 0.636. The molecule has 0 N–H and O–H groups in total. The second-order valence-electron chi connectivity index (χ2n) is 9.54. The van der Waals surface area contributed by atoms with Crippen molar-refractivity contribution in [2.24, 2.45) is 0 Å². The molecule has 0 atom stereocenters. The number of hydrogen-bond donors (Lipinski definition) is 0. The first-order valence-corrected chi connectivity index (χ1v) is 12.2. The molecule has 2 aromatic heterocycles. The van der Waals surface area contributed by atoms with Gasteiger partial charge in [0.2, 0.25) is 0 Å². The molecule has 1 saturated heterocycles. The van der Waals surface area contributed by atoms with Crippen molar-refractivity contribution >= 4 is 16.7 Å². The highest BCUT2D eigenvalue weighted by Gasteiger charge is 2.29. The number of anilines is 1. The third-order valence-corrected chi connectivity index (χ3v) is 7.61. The molecule has 0 radical (unpaired) electrons. The van der Waals surface area contributed by atoms with Crippen LogP contribution in [0.3, 0.4) is 0 Å². The second-order valence-corrected chi connectivity index (χ2v) is 9.54. The molecule has 3 aromatic rings. The number of hydrogen-bond acceptors (Lipinski definition) is 6. The van der Waals surface area contributed by atoms with Gasteiger partial charge in [0.1, 0.15) is 12.1 Å². The van der Waals surface area contributed by atoms with Gasteiger partial charge in [0.05, 0.1) is 11.2 Å². The average Bonchev–Trinajstić information content (AvgIpc) is 3.01. The minimum atomic E-state index is 0.845. The van der Waals surface area contributed by atoms with Crippen molar-refractivity contribution in [1.29, 1.82) is 0 Å². The lowest BCUT2D eigenvalue weighted by Gasteiger charge is -2.43. The van der Waals surface area contributed by atoms with E-state index in [0.717, 1.165) is 57.1 Å². The lowest BCUT2D eigenvalue weighted by molar-refractivity contribution is 0.120. The van der Waals surface area contributed by atoms with Crippen LogP contribution >= 0.6 is 0 Å². The second kappa shape index (κ2) is 8.75. The van der Waals surface area contributed by atoms with Gasteiger partial charge in [0.25, 0.3) is 0 Å². The third kappa shape index (κ3) is 3.97. The molecule has 166 valence electrons. The summed E-state index contributed by atoms with van der Waals surface area (Å²) in [6.45, 7) is 7.54. The number of fused-ring (bicyclic) bond motifs is 2. The highest BCUT2D eigenvalue weighted by molar-refractivity contribution is 5.78. The van der Waals surface area contributed by atoms with Gasteiger partial charge < -0.3 is 4.90 Å². The molecule has 1 aromatic carbocycles. The fourth-order valence-electron chi connectivity index (χ4n) is 5.50. The van der Waals surface area contributed by atoms with E-state index in [0.29, 0.717) is 0 Å². The fraction of sp³-hybridized carbons (Fsp3) is 0.500. The van der Waals surface area contributed by atoms with Crippen LogP contribution in [0.15, 0.2) is 42.9 Å². The zero-order chi connectivity index (χ0) is 21.3. The molecule has 6 nitrogen and oxygen atoms in total. The summed E-state index contributed by atoms with van der Waals surface area (Å²) in [4.78, 5) is 21.9. The molecule has 3 aliphatic rings. The molecular weight excluding hydrogens is 396 g/mol. The molecule has 32 heavy (non-hydrogen) atoms. The number of benzene rings is 1. The molecule has 6 rings (SSSR count). The SMILES string of the molecule is c1ccc2ncc(CN3CCc4ncnc(N5CCN(C6CCC6)CC5)c4CC3)cc2c1. The Morgan fingerprint density at radius 1 is 0.875 bits per heavy atom. The van der Waals surface area contributed by atoms with Crippen molar-refractivity contribution in [3.63, 3.8) is 0 Å². The molecule has 2 fully saturated rings. The maximum Gasteiger partial charge on any atom is 0.135 e. The number of piperazine rings is 1. The standard InChI is InChI=1S/C26H32N6/c1-2-7-24-21(4-1)16-20(17-27-24)18-30-10-8-23-25(9-11-30)28-19-29-26(23)32-14-12-31(13-15-32)22-5-3-6-22/h1-2,4,7,16-17,19,22H,3,5-6,8-15,18H2. The number of pyridine rings is 1. The van der Waals surface area contributed by atoms with Gasteiger partial charge in [-0.25, -0.2) is 9.97 Å². The topological polar surface area (TPSA) is 48.4 Å². The lowest BCUT2D eigenvalue weighted by Crippen LogP contribution is -2.52. The van der Waals surface area contributed by atoms with Crippen molar-refractivity contribution in [2.75, 3.05) is 44.2 Å². The van der Waals surface area contributed by atoms with Crippen LogP contribution in [0.2, 0.25) is 0 Å². The fourth-order valence-corrected chi connectivity index (χ4v) is 5.50. The number of aromatic nitrogens is 3. The van der Waals surface area contributed by atoms with Gasteiger partial charge in [-0.15, -0.1) is 0 Å². The summed E-state index contributed by atoms with van der Waals surface area (Å²) in [5, 5.41) is 1.22. The lowest BCUT2D eigenvalue weighted by atomic mass is 9.91. The van der Waals surface area contributed by atoms with E-state index in [2.05, 4.69) is 43.9 Å². The van der Waals surface area contributed by atoms with Crippen LogP contribution in [0.4, 0.5) is 5.82 Å². The van der Waals surface area contributed by atoms with Crippen molar-refractivity contribution in [1.82, 2.24) is 24.8 Å². The summed E-state index contributed by atoms with van der Waals surface area (Å²) in [6, 6.07) is 11.5. The monoisotopic (exact) mass is 428 g/mol. The van der Waals surface area contributed by atoms with Crippen LogP contribution in [0.1, 0.15) is 36.1 Å². The Bertz CT molecular complexity index is 1090.